The van der Waals surface area contributed by atoms with Crippen LogP contribution in [0.2, 0.25) is 0 Å². The van der Waals surface area contributed by atoms with Crippen molar-refractivity contribution in [2.75, 3.05) is 0 Å². The van der Waals surface area contributed by atoms with Crippen LogP contribution in [0.3, 0.4) is 0 Å². The summed E-state index contributed by atoms with van der Waals surface area (Å²) in [7, 11) is 0. The van der Waals surface area contributed by atoms with Gasteiger partial charge in [0.15, 0.2) is 5.78 Å². The fourth-order valence-electron chi connectivity index (χ4n) is 4.96. The highest BCUT2D eigenvalue weighted by Crippen LogP contribution is 2.26. The molecule has 0 unspecified atom stereocenters. The first-order chi connectivity index (χ1) is 20.4. The van der Waals surface area contributed by atoms with E-state index < -0.39 is 30.2 Å². The number of aliphatic hydroxyl groups is 1. The van der Waals surface area contributed by atoms with Crippen molar-refractivity contribution in [3.8, 4) is 0 Å². The van der Waals surface area contributed by atoms with Gasteiger partial charge in [0, 0.05) is 11.8 Å². The van der Waals surface area contributed by atoms with E-state index in [9.17, 15) is 19.5 Å². The lowest BCUT2D eigenvalue weighted by atomic mass is 9.88. The number of H-pyrrole nitrogens is 1. The molecule has 232 valence electrons. The number of ether oxygens (including phenoxy) is 1. The van der Waals surface area contributed by atoms with E-state index in [0.717, 1.165) is 11.1 Å². The van der Waals surface area contributed by atoms with Crippen LogP contribution in [0.5, 0.6) is 0 Å². The van der Waals surface area contributed by atoms with Gasteiger partial charge >= 0.3 is 6.09 Å². The van der Waals surface area contributed by atoms with Gasteiger partial charge in [-0.3, -0.25) is 9.59 Å². The molecule has 2 amide bonds. The van der Waals surface area contributed by atoms with Crippen molar-refractivity contribution in [2.24, 2.45) is 11.8 Å². The maximum absolute atomic E-state index is 13.6. The first kappa shape index (κ1) is 33.5. The number of hydrogen-bond donors (Lipinski definition) is 4. The minimum Gasteiger partial charge on any atom is -0.447 e. The molecule has 0 radical (unpaired) electrons. The van der Waals surface area contributed by atoms with Crippen molar-refractivity contribution < 1.29 is 24.2 Å². The SMILES string of the molecule is CC(C)OC(=O)N[C@H](C(=O)N[C@@H](Cc1ccccc1)[C@@H](O)C[C@@H](Cc1ccccc1)c1ncc(C(=O)C(C)C)[nH]1)C(C)C. The molecule has 9 heteroatoms. The number of benzene rings is 2. The highest BCUT2D eigenvalue weighted by Gasteiger charge is 2.32. The summed E-state index contributed by atoms with van der Waals surface area (Å²) in [6.07, 6.45) is 0.805. The average molecular weight is 591 g/mol. The van der Waals surface area contributed by atoms with Gasteiger partial charge in [-0.05, 0) is 50.2 Å². The third-order valence-corrected chi connectivity index (χ3v) is 7.28. The number of carbonyl (C=O) groups is 3. The van der Waals surface area contributed by atoms with Crippen molar-refractivity contribution in [1.29, 1.82) is 0 Å². The molecule has 0 saturated heterocycles. The van der Waals surface area contributed by atoms with Crippen molar-refractivity contribution in [1.82, 2.24) is 20.6 Å². The highest BCUT2D eigenvalue weighted by atomic mass is 16.6. The van der Waals surface area contributed by atoms with Gasteiger partial charge in [0.25, 0.3) is 0 Å². The lowest BCUT2D eigenvalue weighted by Gasteiger charge is -2.30. The van der Waals surface area contributed by atoms with E-state index >= 15 is 0 Å². The van der Waals surface area contributed by atoms with Crippen LogP contribution >= 0.6 is 0 Å². The van der Waals surface area contributed by atoms with Crippen LogP contribution in [-0.2, 0) is 22.4 Å². The van der Waals surface area contributed by atoms with Crippen LogP contribution in [-0.4, -0.2) is 57.1 Å². The number of ketones is 1. The Hall–Kier alpha value is -3.98. The summed E-state index contributed by atoms with van der Waals surface area (Å²) in [6.45, 7) is 10.8. The zero-order chi connectivity index (χ0) is 31.5. The Morgan fingerprint density at radius 1 is 0.860 bits per heavy atom. The summed E-state index contributed by atoms with van der Waals surface area (Å²) in [5.74, 6) is -0.498. The second-order valence-corrected chi connectivity index (χ2v) is 12.0. The van der Waals surface area contributed by atoms with Crippen LogP contribution in [0.1, 0.15) is 81.3 Å². The average Bonchev–Trinajstić information content (AvgIpc) is 3.45. The van der Waals surface area contributed by atoms with E-state index in [1.807, 2.05) is 88.4 Å². The monoisotopic (exact) mass is 590 g/mol. The maximum Gasteiger partial charge on any atom is 0.408 e. The first-order valence-electron chi connectivity index (χ1n) is 15.1. The standard InChI is InChI=1S/C34H46N4O5/c1-21(2)30(38-34(42)43-23(5)6)33(41)37-27(18-25-15-11-8-12-16-25)29(39)19-26(17-24-13-9-7-10-14-24)32-35-20-28(36-32)31(40)22(3)4/h7-16,20-23,26-27,29-30,39H,17-19H2,1-6H3,(H,35,36)(H,37,41)(H,38,42)/t26-,27+,29+,30+/m1/s1. The van der Waals surface area contributed by atoms with Crippen LogP contribution in [0.4, 0.5) is 4.79 Å². The van der Waals surface area contributed by atoms with E-state index in [4.69, 9.17) is 4.74 Å². The van der Waals surface area contributed by atoms with Gasteiger partial charge in [0.1, 0.15) is 17.6 Å². The highest BCUT2D eigenvalue weighted by molar-refractivity contribution is 5.95. The third kappa shape index (κ3) is 10.4. The van der Waals surface area contributed by atoms with Gasteiger partial charge in [0.2, 0.25) is 5.91 Å². The Kier molecular flexibility index (Phi) is 12.5. The lowest BCUT2D eigenvalue weighted by molar-refractivity contribution is -0.125. The number of nitrogens with one attached hydrogen (secondary N) is 3. The minimum absolute atomic E-state index is 0.0322. The summed E-state index contributed by atoms with van der Waals surface area (Å²) in [4.78, 5) is 46.3. The Balaban J connectivity index is 1.88. The molecule has 4 N–H and O–H groups in total. The molecule has 0 saturated carbocycles. The Morgan fingerprint density at radius 3 is 1.98 bits per heavy atom. The number of aliphatic hydroxyl groups excluding tert-OH is 1. The Morgan fingerprint density at radius 2 is 1.44 bits per heavy atom. The van der Waals surface area contributed by atoms with Crippen molar-refractivity contribution in [3.63, 3.8) is 0 Å². The van der Waals surface area contributed by atoms with Gasteiger partial charge < -0.3 is 25.5 Å². The fraction of sp³-hybridized carbons (Fsp3) is 0.471. The lowest BCUT2D eigenvalue weighted by Crippen LogP contribution is -2.55. The Bertz CT molecular complexity index is 1310. The molecular formula is C34H46N4O5. The quantitative estimate of drug-likeness (QED) is 0.180. The van der Waals surface area contributed by atoms with Crippen molar-refractivity contribution in [3.05, 3.63) is 89.5 Å². The summed E-state index contributed by atoms with van der Waals surface area (Å²) in [5, 5.41) is 17.4. The molecule has 0 spiro atoms. The second-order valence-electron chi connectivity index (χ2n) is 12.0. The maximum atomic E-state index is 13.6. The van der Waals surface area contributed by atoms with E-state index in [2.05, 4.69) is 20.6 Å². The summed E-state index contributed by atoms with van der Waals surface area (Å²) in [5.41, 5.74) is 2.44. The van der Waals surface area contributed by atoms with Gasteiger partial charge in [-0.25, -0.2) is 9.78 Å². The molecule has 43 heavy (non-hydrogen) atoms. The number of alkyl carbamates (subject to hydrolysis) is 1. The molecule has 0 aliphatic carbocycles. The molecule has 9 nitrogen and oxygen atoms in total. The molecule has 0 aliphatic rings. The van der Waals surface area contributed by atoms with Crippen molar-refractivity contribution in [2.45, 2.75) is 91.0 Å². The third-order valence-electron chi connectivity index (χ3n) is 7.28. The normalized spacial score (nSPS) is 14.3. The van der Waals surface area contributed by atoms with Gasteiger partial charge in [0.05, 0.1) is 24.4 Å². The van der Waals surface area contributed by atoms with Crippen molar-refractivity contribution >= 4 is 17.8 Å². The summed E-state index contributed by atoms with van der Waals surface area (Å²) >= 11 is 0. The molecule has 2 aromatic carbocycles. The second kappa shape index (κ2) is 16.0. The molecule has 3 aromatic rings. The smallest absolute Gasteiger partial charge is 0.408 e. The number of imidazole rings is 1. The molecule has 1 aromatic heterocycles. The molecular weight excluding hydrogens is 544 g/mol. The number of amides is 2. The van der Waals surface area contributed by atoms with Gasteiger partial charge in [-0.1, -0.05) is 88.4 Å². The predicted molar refractivity (Wildman–Crippen MR) is 167 cm³/mol. The molecule has 1 heterocycles. The summed E-state index contributed by atoms with van der Waals surface area (Å²) in [6, 6.07) is 18.0. The zero-order valence-corrected chi connectivity index (χ0v) is 26.0. The van der Waals surface area contributed by atoms with E-state index in [-0.39, 0.29) is 36.1 Å². The number of aromatic amines is 1. The number of hydrogen-bond acceptors (Lipinski definition) is 6. The summed E-state index contributed by atoms with van der Waals surface area (Å²) < 4.78 is 5.21. The van der Waals surface area contributed by atoms with Gasteiger partial charge in [-0.2, -0.15) is 0 Å². The van der Waals surface area contributed by atoms with Gasteiger partial charge in [-0.15, -0.1) is 0 Å². The van der Waals surface area contributed by atoms with Crippen LogP contribution in [0.15, 0.2) is 66.9 Å². The van der Waals surface area contributed by atoms with E-state index in [1.165, 1.54) is 0 Å². The zero-order valence-electron chi connectivity index (χ0n) is 26.0. The number of rotatable bonds is 15. The number of Topliss-reactive ketones (excluding diaryl/α,β-unsaturated/α-hetero) is 1. The predicted octanol–water partition coefficient (Wildman–Crippen LogP) is 5.21. The minimum atomic E-state index is -0.970. The Labute approximate surface area is 254 Å². The molecule has 0 fully saturated rings. The van der Waals surface area contributed by atoms with Crippen LogP contribution in [0.25, 0.3) is 0 Å². The molecule has 4 atom stereocenters. The largest absolute Gasteiger partial charge is 0.447 e. The number of aromatic nitrogens is 2. The number of nitrogens with zero attached hydrogens (tertiary/aromatic N) is 1. The molecule has 0 bridgehead atoms. The van der Waals surface area contributed by atoms with E-state index in [1.54, 1.807) is 20.0 Å². The van der Waals surface area contributed by atoms with Crippen LogP contribution in [0, 0.1) is 11.8 Å². The molecule has 0 aliphatic heterocycles. The molecule has 3 rings (SSSR count). The van der Waals surface area contributed by atoms with Crippen LogP contribution < -0.4 is 10.6 Å². The van der Waals surface area contributed by atoms with E-state index in [0.29, 0.717) is 24.4 Å². The number of carbonyl (C=O) groups excluding carboxylic acids is 3. The topological polar surface area (TPSA) is 133 Å². The first-order valence-corrected chi connectivity index (χ1v) is 15.1. The fourth-order valence-corrected chi connectivity index (χ4v) is 4.96.